The molecule has 2 amide bonds. The van der Waals surface area contributed by atoms with Crippen molar-refractivity contribution < 1.29 is 14.3 Å². The van der Waals surface area contributed by atoms with Crippen LogP contribution in [-0.4, -0.2) is 29.9 Å². The Kier molecular flexibility index (Phi) is 6.81. The fourth-order valence-electron chi connectivity index (χ4n) is 3.33. The summed E-state index contributed by atoms with van der Waals surface area (Å²) in [4.78, 5) is 28.1. The zero-order valence-corrected chi connectivity index (χ0v) is 16.1. The first kappa shape index (κ1) is 19.4. The molecule has 0 aliphatic heterocycles. The van der Waals surface area contributed by atoms with Crippen LogP contribution in [0.5, 0.6) is 5.75 Å². The quantitative estimate of drug-likeness (QED) is 0.728. The molecule has 0 atom stereocenters. The molecule has 2 aromatic rings. The van der Waals surface area contributed by atoms with E-state index in [0.717, 1.165) is 5.01 Å². The fourth-order valence-corrected chi connectivity index (χ4v) is 4.21. The lowest BCUT2D eigenvalue weighted by Crippen LogP contribution is -2.27. The van der Waals surface area contributed by atoms with E-state index in [0.29, 0.717) is 30.2 Å². The number of ether oxygens (including phenoxy) is 1. The zero-order valence-electron chi connectivity index (χ0n) is 15.3. The maximum Gasteiger partial charge on any atom is 0.255 e. The van der Waals surface area contributed by atoms with E-state index in [2.05, 4.69) is 10.7 Å². The minimum Gasteiger partial charge on any atom is -0.483 e. The third kappa shape index (κ3) is 5.53. The molecule has 1 aromatic heterocycles. The first-order valence-electron chi connectivity index (χ1n) is 9.36. The van der Waals surface area contributed by atoms with E-state index in [-0.39, 0.29) is 12.5 Å². The number of amides is 2. The highest BCUT2D eigenvalue weighted by molar-refractivity contribution is 7.09. The van der Waals surface area contributed by atoms with E-state index in [1.54, 1.807) is 35.6 Å². The second kappa shape index (κ2) is 9.50. The summed E-state index contributed by atoms with van der Waals surface area (Å²) in [7, 11) is 0. The zero-order chi connectivity index (χ0) is 19.1. The number of rotatable bonds is 8. The lowest BCUT2D eigenvalue weighted by molar-refractivity contribution is -0.119. The summed E-state index contributed by atoms with van der Waals surface area (Å²) >= 11 is 1.67. The number of nitrogens with two attached hydrogens (primary N) is 1. The number of para-hydroxylation sites is 1. The van der Waals surface area contributed by atoms with Crippen LogP contribution in [0, 0.1) is 0 Å². The number of aromatic nitrogens is 1. The number of carbonyl (C=O) groups is 2. The summed E-state index contributed by atoms with van der Waals surface area (Å²) in [6.45, 7) is 0.244. The number of thiazole rings is 1. The van der Waals surface area contributed by atoms with E-state index in [4.69, 9.17) is 15.5 Å². The third-order valence-corrected chi connectivity index (χ3v) is 5.65. The van der Waals surface area contributed by atoms with E-state index >= 15 is 0 Å². The van der Waals surface area contributed by atoms with Crippen molar-refractivity contribution in [3.63, 3.8) is 0 Å². The summed E-state index contributed by atoms with van der Waals surface area (Å²) in [6, 6.07) is 6.81. The first-order chi connectivity index (χ1) is 13.1. The molecular formula is C20H25N3O3S. The maximum atomic E-state index is 12.4. The van der Waals surface area contributed by atoms with Gasteiger partial charge in [0.15, 0.2) is 6.61 Å². The third-order valence-electron chi connectivity index (χ3n) is 4.72. The fraction of sp³-hybridized carbons (Fsp3) is 0.450. The highest BCUT2D eigenvalue weighted by Crippen LogP contribution is 2.33. The highest BCUT2D eigenvalue weighted by atomic mass is 32.1. The molecule has 3 N–H and O–H groups in total. The van der Waals surface area contributed by atoms with Gasteiger partial charge >= 0.3 is 0 Å². The van der Waals surface area contributed by atoms with Gasteiger partial charge in [-0.1, -0.05) is 31.4 Å². The van der Waals surface area contributed by atoms with Crippen molar-refractivity contribution in [3.05, 3.63) is 45.9 Å². The van der Waals surface area contributed by atoms with Crippen molar-refractivity contribution in [1.82, 2.24) is 10.3 Å². The van der Waals surface area contributed by atoms with E-state index in [9.17, 15) is 9.59 Å². The van der Waals surface area contributed by atoms with Crippen molar-refractivity contribution in [2.75, 3.05) is 13.2 Å². The summed E-state index contributed by atoms with van der Waals surface area (Å²) in [5.41, 5.74) is 6.70. The number of nitrogens with one attached hydrogen (secondary N) is 1. The summed E-state index contributed by atoms with van der Waals surface area (Å²) in [5, 5.41) is 6.11. The van der Waals surface area contributed by atoms with Crippen LogP contribution >= 0.6 is 11.3 Å². The standard InChI is InChI=1S/C20H25N3O3S/c21-18(24)12-26-17-9-5-4-8-15(17)20(25)22-11-10-19-23-16(13-27-19)14-6-2-1-3-7-14/h4-5,8-9,13-14H,1-3,6-7,10-12H2,(H2,21,24)(H,22,25). The van der Waals surface area contributed by atoms with Gasteiger partial charge in [-0.3, -0.25) is 9.59 Å². The average molecular weight is 388 g/mol. The van der Waals surface area contributed by atoms with Gasteiger partial charge in [0.25, 0.3) is 11.8 Å². The Balaban J connectivity index is 1.51. The van der Waals surface area contributed by atoms with Crippen LogP contribution < -0.4 is 15.8 Å². The van der Waals surface area contributed by atoms with E-state index in [1.165, 1.54) is 37.8 Å². The molecule has 0 radical (unpaired) electrons. The Morgan fingerprint density at radius 2 is 2.00 bits per heavy atom. The number of primary amides is 1. The molecular weight excluding hydrogens is 362 g/mol. The van der Waals surface area contributed by atoms with Gasteiger partial charge < -0.3 is 15.8 Å². The minimum absolute atomic E-state index is 0.237. The van der Waals surface area contributed by atoms with Crippen LogP contribution in [0.3, 0.4) is 0 Å². The van der Waals surface area contributed by atoms with Crippen LogP contribution in [0.25, 0.3) is 0 Å². The van der Waals surface area contributed by atoms with Gasteiger partial charge in [-0.05, 0) is 25.0 Å². The molecule has 7 heteroatoms. The Morgan fingerprint density at radius 3 is 2.78 bits per heavy atom. The van der Waals surface area contributed by atoms with Crippen molar-refractivity contribution in [1.29, 1.82) is 0 Å². The van der Waals surface area contributed by atoms with Crippen LogP contribution in [0.1, 0.15) is 59.1 Å². The molecule has 27 heavy (non-hydrogen) atoms. The molecule has 6 nitrogen and oxygen atoms in total. The van der Waals surface area contributed by atoms with Crippen LogP contribution in [0.4, 0.5) is 0 Å². The van der Waals surface area contributed by atoms with Crippen LogP contribution in [0.2, 0.25) is 0 Å². The number of carbonyl (C=O) groups excluding carboxylic acids is 2. The highest BCUT2D eigenvalue weighted by Gasteiger charge is 2.18. The van der Waals surface area contributed by atoms with Gasteiger partial charge in [0.05, 0.1) is 16.3 Å². The summed E-state index contributed by atoms with van der Waals surface area (Å²) < 4.78 is 5.31. The smallest absolute Gasteiger partial charge is 0.255 e. The Labute approximate surface area is 163 Å². The molecule has 0 unspecified atom stereocenters. The largest absolute Gasteiger partial charge is 0.483 e. The predicted octanol–water partition coefficient (Wildman–Crippen LogP) is 3.03. The van der Waals surface area contributed by atoms with Crippen molar-refractivity contribution >= 4 is 23.2 Å². The monoisotopic (exact) mass is 387 g/mol. The number of nitrogens with zero attached hydrogens (tertiary/aromatic N) is 1. The molecule has 144 valence electrons. The topological polar surface area (TPSA) is 94.3 Å². The van der Waals surface area contributed by atoms with E-state index < -0.39 is 5.91 Å². The lowest BCUT2D eigenvalue weighted by Gasteiger charge is -2.19. The number of hydrogen-bond donors (Lipinski definition) is 2. The molecule has 0 spiro atoms. The van der Waals surface area contributed by atoms with Crippen LogP contribution in [-0.2, 0) is 11.2 Å². The number of hydrogen-bond acceptors (Lipinski definition) is 5. The summed E-state index contributed by atoms with van der Waals surface area (Å²) in [6.07, 6.45) is 7.11. The Bertz CT molecular complexity index is 784. The predicted molar refractivity (Wildman–Crippen MR) is 105 cm³/mol. The van der Waals surface area contributed by atoms with Crippen molar-refractivity contribution in [2.45, 2.75) is 44.4 Å². The average Bonchev–Trinajstić information content (AvgIpc) is 3.16. The molecule has 1 heterocycles. The summed E-state index contributed by atoms with van der Waals surface area (Å²) in [5.74, 6) is 0.136. The molecule has 3 rings (SSSR count). The Morgan fingerprint density at radius 1 is 1.22 bits per heavy atom. The molecule has 1 aromatic carbocycles. The Hall–Kier alpha value is -2.41. The maximum absolute atomic E-state index is 12.4. The molecule has 1 aliphatic rings. The molecule has 1 fully saturated rings. The van der Waals surface area contributed by atoms with Gasteiger partial charge in [0.1, 0.15) is 5.75 Å². The van der Waals surface area contributed by atoms with Gasteiger partial charge in [0.2, 0.25) is 0 Å². The molecule has 1 saturated carbocycles. The van der Waals surface area contributed by atoms with E-state index in [1.807, 2.05) is 0 Å². The molecule has 0 bridgehead atoms. The minimum atomic E-state index is -0.581. The van der Waals surface area contributed by atoms with Gasteiger partial charge in [-0.25, -0.2) is 4.98 Å². The number of benzene rings is 1. The molecule has 1 aliphatic carbocycles. The second-order valence-corrected chi connectivity index (χ2v) is 7.70. The van der Waals surface area contributed by atoms with Gasteiger partial charge in [-0.2, -0.15) is 0 Å². The van der Waals surface area contributed by atoms with Crippen LogP contribution in [0.15, 0.2) is 29.6 Å². The normalized spacial score (nSPS) is 14.7. The van der Waals surface area contributed by atoms with Crippen molar-refractivity contribution in [3.8, 4) is 5.75 Å². The van der Waals surface area contributed by atoms with Crippen molar-refractivity contribution in [2.24, 2.45) is 5.73 Å². The second-order valence-electron chi connectivity index (χ2n) is 6.76. The molecule has 0 saturated heterocycles. The SMILES string of the molecule is NC(=O)COc1ccccc1C(=O)NCCc1nc(C2CCCCC2)cs1. The van der Waals surface area contributed by atoms with Gasteiger partial charge in [0, 0.05) is 24.3 Å². The lowest BCUT2D eigenvalue weighted by atomic mass is 9.87. The van der Waals surface area contributed by atoms with Gasteiger partial charge in [-0.15, -0.1) is 11.3 Å². The first-order valence-corrected chi connectivity index (χ1v) is 10.2.